The number of carboxylic acid groups (broad SMARTS) is 1. The number of thiazole rings is 1. The number of carboxylic acids is 1. The highest BCUT2D eigenvalue weighted by molar-refractivity contribution is 7.13. The molecule has 1 heterocycles. The van der Waals surface area contributed by atoms with E-state index in [0.29, 0.717) is 5.13 Å². The summed E-state index contributed by atoms with van der Waals surface area (Å²) in [5.41, 5.74) is 1.95. The molecule has 28 heavy (non-hydrogen) atoms. The number of carbonyl (C=O) groups is 2. The van der Waals surface area contributed by atoms with Gasteiger partial charge in [0, 0.05) is 17.5 Å². The molecule has 0 spiro atoms. The van der Waals surface area contributed by atoms with Gasteiger partial charge in [0.25, 0.3) is 0 Å². The Morgan fingerprint density at radius 1 is 1.07 bits per heavy atom. The van der Waals surface area contributed by atoms with Crippen molar-refractivity contribution >= 4 is 28.3 Å². The maximum atomic E-state index is 13.1. The summed E-state index contributed by atoms with van der Waals surface area (Å²) in [5, 5.41) is 14.3. The summed E-state index contributed by atoms with van der Waals surface area (Å²) >= 11 is 1.38. The Balaban J connectivity index is 1.97. The van der Waals surface area contributed by atoms with Crippen LogP contribution in [0.5, 0.6) is 0 Å². The Labute approximate surface area is 168 Å². The minimum Gasteiger partial charge on any atom is -0.481 e. The number of rotatable bonds is 7. The molecular weight excluding hydrogens is 372 g/mol. The lowest BCUT2D eigenvalue weighted by Crippen LogP contribution is -2.37. The number of aliphatic carboxylic acids is 1. The molecule has 0 bridgehead atoms. The van der Waals surface area contributed by atoms with Gasteiger partial charge in [0.05, 0.1) is 11.8 Å². The average molecular weight is 394 g/mol. The molecule has 0 radical (unpaired) electrons. The van der Waals surface area contributed by atoms with Gasteiger partial charge < -0.3 is 10.4 Å². The van der Waals surface area contributed by atoms with Gasteiger partial charge >= 0.3 is 5.97 Å². The van der Waals surface area contributed by atoms with Gasteiger partial charge in [-0.25, -0.2) is 4.98 Å². The van der Waals surface area contributed by atoms with Crippen LogP contribution in [0.15, 0.2) is 66.2 Å². The molecule has 3 rings (SSSR count). The van der Waals surface area contributed by atoms with Crippen LogP contribution >= 0.6 is 11.3 Å². The third-order valence-corrected chi connectivity index (χ3v) is 5.45. The molecule has 1 aromatic heterocycles. The average Bonchev–Trinajstić information content (AvgIpc) is 3.17. The second kappa shape index (κ2) is 8.35. The van der Waals surface area contributed by atoms with E-state index in [1.807, 2.05) is 73.8 Å². The van der Waals surface area contributed by atoms with E-state index in [9.17, 15) is 9.59 Å². The Bertz CT molecular complexity index is 936. The molecule has 1 amide bonds. The number of benzene rings is 2. The van der Waals surface area contributed by atoms with Crippen molar-refractivity contribution in [2.24, 2.45) is 5.41 Å². The summed E-state index contributed by atoms with van der Waals surface area (Å²) in [4.78, 5) is 28.2. The summed E-state index contributed by atoms with van der Waals surface area (Å²) < 4.78 is 0. The van der Waals surface area contributed by atoms with Gasteiger partial charge in [0.15, 0.2) is 5.13 Å². The van der Waals surface area contributed by atoms with Crippen molar-refractivity contribution in [2.45, 2.75) is 26.2 Å². The number of hydrogen-bond donors (Lipinski definition) is 2. The lowest BCUT2D eigenvalue weighted by molar-refractivity contribution is -0.136. The van der Waals surface area contributed by atoms with Gasteiger partial charge in [0.2, 0.25) is 5.91 Å². The van der Waals surface area contributed by atoms with Crippen LogP contribution in [0.3, 0.4) is 0 Å². The second-order valence-electron chi connectivity index (χ2n) is 7.17. The summed E-state index contributed by atoms with van der Waals surface area (Å²) in [6, 6.07) is 17.3. The molecule has 0 aliphatic rings. The first-order chi connectivity index (χ1) is 13.4. The third-order valence-electron chi connectivity index (χ3n) is 4.76. The van der Waals surface area contributed by atoms with E-state index in [4.69, 9.17) is 5.11 Å². The van der Waals surface area contributed by atoms with Crippen molar-refractivity contribution in [3.63, 3.8) is 0 Å². The fourth-order valence-corrected chi connectivity index (χ4v) is 3.87. The highest BCUT2D eigenvalue weighted by atomic mass is 32.1. The second-order valence-corrected chi connectivity index (χ2v) is 8.06. The highest BCUT2D eigenvalue weighted by Crippen LogP contribution is 2.42. The lowest BCUT2D eigenvalue weighted by atomic mass is 9.70. The van der Waals surface area contributed by atoms with Crippen LogP contribution in [-0.4, -0.2) is 22.0 Å². The summed E-state index contributed by atoms with van der Waals surface area (Å²) in [6.45, 7) is 3.83. The van der Waals surface area contributed by atoms with E-state index >= 15 is 0 Å². The van der Waals surface area contributed by atoms with E-state index < -0.39 is 11.4 Å². The van der Waals surface area contributed by atoms with Crippen molar-refractivity contribution in [3.05, 3.63) is 82.9 Å². The molecule has 0 saturated heterocycles. The van der Waals surface area contributed by atoms with Crippen molar-refractivity contribution in [1.29, 1.82) is 0 Å². The van der Waals surface area contributed by atoms with E-state index in [-0.39, 0.29) is 18.2 Å². The van der Waals surface area contributed by atoms with Gasteiger partial charge in [0.1, 0.15) is 0 Å². The monoisotopic (exact) mass is 394 g/mol. The van der Waals surface area contributed by atoms with Gasteiger partial charge in [-0.1, -0.05) is 68.4 Å². The molecule has 144 valence electrons. The van der Waals surface area contributed by atoms with Crippen LogP contribution in [0.4, 0.5) is 5.13 Å². The van der Waals surface area contributed by atoms with E-state index in [1.54, 1.807) is 6.20 Å². The first-order valence-corrected chi connectivity index (χ1v) is 9.82. The van der Waals surface area contributed by atoms with Crippen molar-refractivity contribution in [1.82, 2.24) is 4.98 Å². The fourth-order valence-electron chi connectivity index (χ4n) is 3.35. The first-order valence-electron chi connectivity index (χ1n) is 8.94. The summed E-state index contributed by atoms with van der Waals surface area (Å²) in [6.07, 6.45) is 1.63. The number of hydrogen-bond acceptors (Lipinski definition) is 4. The van der Waals surface area contributed by atoms with Crippen molar-refractivity contribution < 1.29 is 14.7 Å². The Kier molecular flexibility index (Phi) is 5.90. The molecule has 5 nitrogen and oxygen atoms in total. The SMILES string of the molecule is CC(C)(C(=O)Nc1nccs1)[C@@H](c1ccccc1)c1ccc(CC(=O)O)cc1. The number of amides is 1. The van der Waals surface area contributed by atoms with E-state index in [0.717, 1.165) is 16.7 Å². The number of nitrogens with one attached hydrogen (secondary N) is 1. The molecule has 0 saturated carbocycles. The van der Waals surface area contributed by atoms with Gasteiger partial charge in [-0.05, 0) is 16.7 Å². The first kappa shape index (κ1) is 19.8. The topological polar surface area (TPSA) is 79.3 Å². The maximum Gasteiger partial charge on any atom is 0.307 e. The Morgan fingerprint density at radius 2 is 1.71 bits per heavy atom. The molecule has 2 N–H and O–H groups in total. The van der Waals surface area contributed by atoms with E-state index in [2.05, 4.69) is 10.3 Å². The third kappa shape index (κ3) is 4.46. The molecule has 3 aromatic rings. The van der Waals surface area contributed by atoms with Gasteiger partial charge in [-0.3, -0.25) is 9.59 Å². The molecule has 1 atom stereocenters. The zero-order valence-electron chi connectivity index (χ0n) is 15.8. The Hall–Kier alpha value is -2.99. The Morgan fingerprint density at radius 3 is 2.29 bits per heavy atom. The minimum atomic E-state index is -0.865. The van der Waals surface area contributed by atoms with E-state index in [1.165, 1.54) is 11.3 Å². The van der Waals surface area contributed by atoms with Crippen LogP contribution in [0.2, 0.25) is 0 Å². The van der Waals surface area contributed by atoms with Crippen LogP contribution in [0.1, 0.15) is 36.5 Å². The largest absolute Gasteiger partial charge is 0.481 e. The van der Waals surface area contributed by atoms with Crippen molar-refractivity contribution in [3.8, 4) is 0 Å². The summed E-state index contributed by atoms with van der Waals surface area (Å²) in [5.74, 6) is -1.19. The van der Waals surface area contributed by atoms with Crippen LogP contribution in [-0.2, 0) is 16.0 Å². The summed E-state index contributed by atoms with van der Waals surface area (Å²) in [7, 11) is 0. The molecule has 0 aliphatic heterocycles. The number of anilines is 1. The minimum absolute atomic E-state index is 0.0236. The van der Waals surface area contributed by atoms with Gasteiger partial charge in [-0.2, -0.15) is 0 Å². The molecule has 0 fully saturated rings. The number of aromatic nitrogens is 1. The molecule has 0 aliphatic carbocycles. The quantitative estimate of drug-likeness (QED) is 0.615. The standard InChI is InChI=1S/C22H22N2O3S/c1-22(2,20(27)24-21-23-12-13-28-21)19(16-6-4-3-5-7-16)17-10-8-15(9-11-17)14-18(25)26/h3-13,19H,14H2,1-2H3,(H,25,26)(H,23,24,27)/t19-/m0/s1. The zero-order chi connectivity index (χ0) is 20.1. The van der Waals surface area contributed by atoms with Gasteiger partial charge in [-0.15, -0.1) is 11.3 Å². The highest BCUT2D eigenvalue weighted by Gasteiger charge is 2.39. The smallest absolute Gasteiger partial charge is 0.307 e. The molecule has 2 aromatic carbocycles. The molecule has 0 unspecified atom stereocenters. The number of carbonyl (C=O) groups excluding carboxylic acids is 1. The molecular formula is C22H22N2O3S. The lowest BCUT2D eigenvalue weighted by Gasteiger charge is -2.34. The zero-order valence-corrected chi connectivity index (χ0v) is 16.6. The predicted molar refractivity (Wildman–Crippen MR) is 111 cm³/mol. The fraction of sp³-hybridized carbons (Fsp3) is 0.227. The van der Waals surface area contributed by atoms with Crippen LogP contribution in [0.25, 0.3) is 0 Å². The predicted octanol–water partition coefficient (Wildman–Crippen LogP) is 4.57. The van der Waals surface area contributed by atoms with Crippen LogP contribution < -0.4 is 5.32 Å². The number of nitrogens with zero attached hydrogens (tertiary/aromatic N) is 1. The normalized spacial score (nSPS) is 12.4. The van der Waals surface area contributed by atoms with Crippen LogP contribution in [0, 0.1) is 5.41 Å². The maximum absolute atomic E-state index is 13.1. The molecule has 6 heteroatoms. The van der Waals surface area contributed by atoms with Crippen molar-refractivity contribution in [2.75, 3.05) is 5.32 Å².